The highest BCUT2D eigenvalue weighted by Crippen LogP contribution is 2.29. The summed E-state index contributed by atoms with van der Waals surface area (Å²) >= 11 is 0. The van der Waals surface area contributed by atoms with E-state index < -0.39 is 0 Å². The van der Waals surface area contributed by atoms with Gasteiger partial charge in [-0.3, -0.25) is 4.98 Å². The Kier molecular flexibility index (Phi) is 7.48. The molecule has 4 rings (SSSR count). The number of aromatic nitrogens is 3. The summed E-state index contributed by atoms with van der Waals surface area (Å²) in [6.45, 7) is 3.66. The Bertz CT molecular complexity index is 746. The minimum Gasteiger partial charge on any atom is -0.367 e. The van der Waals surface area contributed by atoms with Crippen LogP contribution in [0.1, 0.15) is 57.2 Å². The number of nitrogens with one attached hydrogen (secondary N) is 1. The van der Waals surface area contributed by atoms with E-state index in [1.165, 1.54) is 52.0 Å². The van der Waals surface area contributed by atoms with Crippen molar-refractivity contribution in [2.45, 2.75) is 57.4 Å². The average molecular weight is 382 g/mol. The third-order valence-electron chi connectivity index (χ3n) is 5.40. The average Bonchev–Trinajstić information content (AvgIpc) is 3.22. The van der Waals surface area contributed by atoms with E-state index in [1.54, 1.807) is 6.20 Å². The van der Waals surface area contributed by atoms with Crippen LogP contribution in [0.15, 0.2) is 30.6 Å². The third-order valence-corrected chi connectivity index (χ3v) is 5.40. The number of hydrogen-bond acceptors (Lipinski definition) is 6. The minimum atomic E-state index is 0.416. The van der Waals surface area contributed by atoms with Crippen LogP contribution in [0.3, 0.4) is 0 Å². The van der Waals surface area contributed by atoms with Gasteiger partial charge in [0.05, 0.1) is 5.69 Å². The lowest BCUT2D eigenvalue weighted by atomic mass is 9.97. The zero-order valence-corrected chi connectivity index (χ0v) is 17.0. The molecular weight excluding hydrogens is 350 g/mol. The highest BCUT2D eigenvalue weighted by molar-refractivity contribution is 5.61. The summed E-state index contributed by atoms with van der Waals surface area (Å²) in [7, 11) is 2.19. The molecule has 1 N–H and O–H groups in total. The van der Waals surface area contributed by atoms with Crippen LogP contribution in [0.4, 0.5) is 5.82 Å². The van der Waals surface area contributed by atoms with Crippen LogP contribution < -0.4 is 5.32 Å². The Labute approximate surface area is 167 Å². The largest absolute Gasteiger partial charge is 0.367 e. The zero-order valence-electron chi connectivity index (χ0n) is 17.0. The van der Waals surface area contributed by atoms with Gasteiger partial charge in [-0.25, -0.2) is 9.97 Å². The number of aldehydes is 1. The van der Waals surface area contributed by atoms with Crippen molar-refractivity contribution in [2.75, 3.05) is 25.5 Å². The highest BCUT2D eigenvalue weighted by Gasteiger charge is 2.23. The van der Waals surface area contributed by atoms with E-state index in [4.69, 9.17) is 14.8 Å². The fourth-order valence-corrected chi connectivity index (χ4v) is 4.04. The molecule has 0 amide bonds. The number of anilines is 1. The number of piperidine rings is 1. The van der Waals surface area contributed by atoms with Crippen molar-refractivity contribution >= 4 is 12.1 Å². The summed E-state index contributed by atoms with van der Waals surface area (Å²) in [6.07, 6.45) is 12.0. The molecule has 1 unspecified atom stereocenters. The molecule has 6 nitrogen and oxygen atoms in total. The Hall–Kier alpha value is -2.34. The molecule has 1 aliphatic carbocycles. The molecule has 2 aromatic rings. The minimum absolute atomic E-state index is 0.416. The molecule has 6 heteroatoms. The van der Waals surface area contributed by atoms with Gasteiger partial charge in [0.1, 0.15) is 17.9 Å². The number of carbonyl (C=O) groups is 1. The molecule has 0 spiro atoms. The van der Waals surface area contributed by atoms with Gasteiger partial charge in [0.25, 0.3) is 0 Å². The molecule has 150 valence electrons. The maximum atomic E-state index is 8.81. The van der Waals surface area contributed by atoms with Crippen molar-refractivity contribution in [1.82, 2.24) is 19.9 Å². The summed E-state index contributed by atoms with van der Waals surface area (Å²) in [6, 6.07) is 6.69. The van der Waals surface area contributed by atoms with Crippen LogP contribution in [0, 0.1) is 0 Å². The van der Waals surface area contributed by atoms with E-state index in [9.17, 15) is 0 Å². The number of pyridine rings is 1. The first-order chi connectivity index (χ1) is 13.7. The Morgan fingerprint density at radius 2 is 1.96 bits per heavy atom. The van der Waals surface area contributed by atoms with Crippen molar-refractivity contribution in [2.24, 2.45) is 0 Å². The lowest BCUT2D eigenvalue weighted by molar-refractivity contribution is -0.106. The van der Waals surface area contributed by atoms with Crippen molar-refractivity contribution in [3.05, 3.63) is 36.4 Å². The van der Waals surface area contributed by atoms with Crippen molar-refractivity contribution in [1.29, 1.82) is 0 Å². The van der Waals surface area contributed by atoms with Crippen LogP contribution in [0.25, 0.3) is 11.3 Å². The van der Waals surface area contributed by atoms with E-state index in [0.29, 0.717) is 12.0 Å². The van der Waals surface area contributed by atoms with Gasteiger partial charge in [0.15, 0.2) is 0 Å². The van der Waals surface area contributed by atoms with Gasteiger partial charge in [0.2, 0.25) is 0 Å². The molecule has 0 bridgehead atoms. The smallest absolute Gasteiger partial charge is 0.135 e. The molecule has 28 heavy (non-hydrogen) atoms. The topological polar surface area (TPSA) is 71.0 Å². The molecule has 1 saturated heterocycles. The van der Waals surface area contributed by atoms with E-state index >= 15 is 0 Å². The second-order valence-corrected chi connectivity index (χ2v) is 7.70. The lowest BCUT2D eigenvalue weighted by Gasteiger charge is -2.29. The normalized spacial score (nSPS) is 20.3. The first-order valence-corrected chi connectivity index (χ1v) is 10.3. The van der Waals surface area contributed by atoms with Gasteiger partial charge < -0.3 is 15.0 Å². The Morgan fingerprint density at radius 1 is 1.18 bits per heavy atom. The van der Waals surface area contributed by atoms with Crippen LogP contribution in [-0.4, -0.2) is 52.3 Å². The monoisotopic (exact) mass is 381 g/mol. The molecule has 2 aromatic heterocycles. The summed E-state index contributed by atoms with van der Waals surface area (Å²) in [5.41, 5.74) is 2.04. The van der Waals surface area contributed by atoms with Gasteiger partial charge in [-0.15, -0.1) is 0 Å². The number of nitrogens with zero attached hydrogens (tertiary/aromatic N) is 4. The second-order valence-electron chi connectivity index (χ2n) is 7.70. The van der Waals surface area contributed by atoms with Crippen molar-refractivity contribution in [3.63, 3.8) is 0 Å². The van der Waals surface area contributed by atoms with Crippen LogP contribution >= 0.6 is 0 Å². The molecule has 0 aromatic carbocycles. The molecule has 2 fully saturated rings. The summed E-state index contributed by atoms with van der Waals surface area (Å²) in [5.74, 6) is 2.37. The lowest BCUT2D eigenvalue weighted by Crippen LogP contribution is -2.32. The number of hydrogen-bond donors (Lipinski definition) is 1. The summed E-state index contributed by atoms with van der Waals surface area (Å²) in [4.78, 5) is 25.3. The zero-order chi connectivity index (χ0) is 19.8. The standard InChI is InChI=1S/C20H27N5.C2H4O/c1-25-11-5-7-16(14-25)20-23-18(15-6-4-10-21-13-15)12-19(24-20)22-17-8-2-3-9-17;1-2-3/h4,6,10,12-13,16-17H,2-3,5,7-9,11,14H2,1H3,(H,22,23,24);2H,1H3. The van der Waals surface area contributed by atoms with E-state index in [0.717, 1.165) is 35.7 Å². The number of rotatable bonds is 4. The van der Waals surface area contributed by atoms with E-state index in [1.807, 2.05) is 12.3 Å². The molecule has 1 atom stereocenters. The number of carbonyl (C=O) groups excluding carboxylic acids is 1. The highest BCUT2D eigenvalue weighted by atomic mass is 16.1. The molecule has 1 saturated carbocycles. The number of likely N-dealkylation sites (N-methyl/N-ethyl adjacent to an activating group) is 1. The maximum Gasteiger partial charge on any atom is 0.135 e. The van der Waals surface area contributed by atoms with Gasteiger partial charge in [-0.2, -0.15) is 0 Å². The molecule has 1 aliphatic heterocycles. The second kappa shape index (κ2) is 10.3. The molecule has 0 radical (unpaired) electrons. The maximum absolute atomic E-state index is 8.81. The molecular formula is C22H31N5O. The van der Waals surface area contributed by atoms with Crippen LogP contribution in [0.5, 0.6) is 0 Å². The third kappa shape index (κ3) is 5.58. The number of likely N-dealkylation sites (tertiary alicyclic amines) is 1. The first-order valence-electron chi connectivity index (χ1n) is 10.3. The van der Waals surface area contributed by atoms with Gasteiger partial charge in [-0.1, -0.05) is 12.8 Å². The Balaban J connectivity index is 0.000000706. The van der Waals surface area contributed by atoms with Crippen molar-refractivity contribution < 1.29 is 4.79 Å². The van der Waals surface area contributed by atoms with Gasteiger partial charge >= 0.3 is 0 Å². The van der Waals surface area contributed by atoms with Gasteiger partial charge in [0, 0.05) is 42.5 Å². The summed E-state index contributed by atoms with van der Waals surface area (Å²) in [5, 5.41) is 3.66. The fraction of sp³-hybridized carbons (Fsp3) is 0.545. The fourth-order valence-electron chi connectivity index (χ4n) is 4.04. The molecule has 2 aliphatic rings. The van der Waals surface area contributed by atoms with E-state index in [2.05, 4.69) is 34.4 Å². The first kappa shape index (κ1) is 20.4. The Morgan fingerprint density at radius 3 is 2.64 bits per heavy atom. The SMILES string of the molecule is CC=O.CN1CCCC(c2nc(NC3CCCC3)cc(-c3cccnc3)n2)C1. The van der Waals surface area contributed by atoms with Crippen LogP contribution in [0.2, 0.25) is 0 Å². The predicted octanol–water partition coefficient (Wildman–Crippen LogP) is 3.91. The summed E-state index contributed by atoms with van der Waals surface area (Å²) < 4.78 is 0. The van der Waals surface area contributed by atoms with E-state index in [-0.39, 0.29) is 0 Å². The predicted molar refractivity (Wildman–Crippen MR) is 112 cm³/mol. The van der Waals surface area contributed by atoms with Crippen LogP contribution in [-0.2, 0) is 4.79 Å². The van der Waals surface area contributed by atoms with Gasteiger partial charge in [-0.05, 0) is 58.3 Å². The molecule has 3 heterocycles. The quantitative estimate of drug-likeness (QED) is 0.810. The van der Waals surface area contributed by atoms with Crippen molar-refractivity contribution in [3.8, 4) is 11.3 Å².